The molecule has 0 aliphatic heterocycles. The van der Waals surface area contributed by atoms with E-state index in [0.717, 1.165) is 22.4 Å². The number of hydrogen-bond donors (Lipinski definition) is 1. The van der Waals surface area contributed by atoms with Crippen LogP contribution in [0.3, 0.4) is 0 Å². The second kappa shape index (κ2) is 6.80. The highest BCUT2D eigenvalue weighted by Gasteiger charge is 2.22. The first-order valence-corrected chi connectivity index (χ1v) is 7.68. The number of nitrogens with zero attached hydrogens (tertiary/aromatic N) is 1. The number of aromatic nitrogens is 1. The molecule has 0 amide bonds. The number of benzene rings is 1. The van der Waals surface area contributed by atoms with Gasteiger partial charge in [0.2, 0.25) is 0 Å². The molecular weight excluding hydrogens is 312 g/mol. The zero-order valence-corrected chi connectivity index (χ0v) is 13.4. The summed E-state index contributed by atoms with van der Waals surface area (Å²) >= 11 is 3.41. The Bertz CT molecular complexity index is 581. The predicted octanol–water partition coefficient (Wildman–Crippen LogP) is 5.16. The van der Waals surface area contributed by atoms with Crippen LogP contribution in [0.25, 0.3) is 0 Å². The van der Waals surface area contributed by atoms with Gasteiger partial charge in [0, 0.05) is 17.5 Å². The van der Waals surface area contributed by atoms with Gasteiger partial charge in [-0.3, -0.25) is 0 Å². The Hall–Kier alpha value is -1.48. The van der Waals surface area contributed by atoms with Gasteiger partial charge in [-0.15, -0.1) is 0 Å². The lowest BCUT2D eigenvalue weighted by molar-refractivity contribution is 0.767. The van der Waals surface area contributed by atoms with E-state index in [1.807, 2.05) is 36.4 Å². The van der Waals surface area contributed by atoms with Crippen molar-refractivity contribution in [3.05, 3.63) is 64.4 Å². The van der Waals surface area contributed by atoms with Gasteiger partial charge in [-0.25, -0.2) is 4.98 Å². The normalized spacial score (nSPS) is 13.8. The molecule has 0 bridgehead atoms. The lowest BCUT2D eigenvalue weighted by Gasteiger charge is -2.21. The van der Waals surface area contributed by atoms with Gasteiger partial charge in [-0.05, 0) is 40.0 Å². The minimum Gasteiger partial charge on any atom is -0.308 e. The lowest BCUT2D eigenvalue weighted by Crippen LogP contribution is -2.18. The van der Waals surface area contributed by atoms with E-state index in [-0.39, 0.29) is 11.8 Å². The minimum absolute atomic E-state index is 0.0720. The molecule has 2 rings (SSSR count). The number of rotatable bonds is 5. The van der Waals surface area contributed by atoms with E-state index in [9.17, 15) is 0 Å². The van der Waals surface area contributed by atoms with Gasteiger partial charge in [-0.1, -0.05) is 50.2 Å². The van der Waals surface area contributed by atoms with Crippen molar-refractivity contribution < 1.29 is 0 Å². The summed E-state index contributed by atoms with van der Waals surface area (Å²) in [7, 11) is 0. The van der Waals surface area contributed by atoms with E-state index in [0.29, 0.717) is 0 Å². The van der Waals surface area contributed by atoms with Crippen LogP contribution in [0.2, 0.25) is 0 Å². The summed E-state index contributed by atoms with van der Waals surface area (Å²) < 4.78 is 0.827. The molecule has 3 heteroatoms. The first kappa shape index (κ1) is 14.9. The first-order valence-electron chi connectivity index (χ1n) is 6.89. The Morgan fingerprint density at radius 1 is 1.15 bits per heavy atom. The van der Waals surface area contributed by atoms with Crippen molar-refractivity contribution in [2.45, 2.75) is 32.1 Å². The van der Waals surface area contributed by atoms with Crippen LogP contribution in [0.15, 0.2) is 53.1 Å². The van der Waals surface area contributed by atoms with Gasteiger partial charge in [0.25, 0.3) is 0 Å². The molecule has 20 heavy (non-hydrogen) atoms. The van der Waals surface area contributed by atoms with E-state index in [4.69, 9.17) is 5.41 Å². The topological polar surface area (TPSA) is 36.7 Å². The average molecular weight is 331 g/mol. The van der Waals surface area contributed by atoms with Crippen LogP contribution in [0.1, 0.15) is 43.4 Å². The summed E-state index contributed by atoms with van der Waals surface area (Å²) in [5.74, 6) is 0.185. The maximum absolute atomic E-state index is 8.54. The van der Waals surface area contributed by atoms with Crippen molar-refractivity contribution in [3.8, 4) is 0 Å². The van der Waals surface area contributed by atoms with Gasteiger partial charge in [0.05, 0.1) is 5.69 Å². The Kier molecular flexibility index (Phi) is 5.07. The second-order valence-electron chi connectivity index (χ2n) is 4.93. The van der Waals surface area contributed by atoms with Crippen molar-refractivity contribution in [1.82, 2.24) is 4.98 Å². The molecule has 0 aliphatic carbocycles. The molecular formula is C17H19BrN2. The fourth-order valence-corrected chi connectivity index (χ4v) is 2.79. The van der Waals surface area contributed by atoms with Crippen LogP contribution in [-0.2, 0) is 0 Å². The summed E-state index contributed by atoms with van der Waals surface area (Å²) in [5.41, 5.74) is 2.88. The largest absolute Gasteiger partial charge is 0.308 e. The highest BCUT2D eigenvalue weighted by Crippen LogP contribution is 2.28. The summed E-state index contributed by atoms with van der Waals surface area (Å²) in [6, 6.07) is 16.1. The summed E-state index contributed by atoms with van der Waals surface area (Å²) in [4.78, 5) is 4.52. The maximum Gasteiger partial charge on any atom is 0.106 e. The molecule has 0 radical (unpaired) electrons. The van der Waals surface area contributed by atoms with Crippen LogP contribution in [0.4, 0.5) is 0 Å². The van der Waals surface area contributed by atoms with E-state index in [1.54, 1.807) is 0 Å². The third kappa shape index (κ3) is 3.34. The summed E-state index contributed by atoms with van der Waals surface area (Å²) in [6.45, 7) is 4.21. The predicted molar refractivity (Wildman–Crippen MR) is 87.6 cm³/mol. The quantitative estimate of drug-likeness (QED) is 0.596. The van der Waals surface area contributed by atoms with Gasteiger partial charge in [0.15, 0.2) is 0 Å². The monoisotopic (exact) mass is 330 g/mol. The molecule has 0 fully saturated rings. The molecule has 1 N–H and O–H groups in total. The Labute approximate surface area is 128 Å². The van der Waals surface area contributed by atoms with Gasteiger partial charge >= 0.3 is 0 Å². The van der Waals surface area contributed by atoms with Crippen LogP contribution in [0, 0.1) is 5.41 Å². The molecule has 104 valence electrons. The van der Waals surface area contributed by atoms with Crippen molar-refractivity contribution in [2.75, 3.05) is 0 Å². The fraction of sp³-hybridized carbons (Fsp3) is 0.294. The van der Waals surface area contributed by atoms with E-state index in [2.05, 4.69) is 46.9 Å². The molecule has 1 aromatic heterocycles. The van der Waals surface area contributed by atoms with Crippen LogP contribution >= 0.6 is 15.9 Å². The number of hydrogen-bond acceptors (Lipinski definition) is 2. The Balaban J connectivity index is 2.26. The van der Waals surface area contributed by atoms with E-state index in [1.165, 1.54) is 5.56 Å². The third-order valence-corrected chi connectivity index (χ3v) is 4.09. The fourth-order valence-electron chi connectivity index (χ4n) is 2.43. The molecule has 0 aliphatic rings. The molecule has 0 unspecified atom stereocenters. The van der Waals surface area contributed by atoms with E-state index >= 15 is 0 Å². The van der Waals surface area contributed by atoms with E-state index < -0.39 is 0 Å². The van der Waals surface area contributed by atoms with Crippen LogP contribution in [0.5, 0.6) is 0 Å². The lowest BCUT2D eigenvalue weighted by atomic mass is 9.84. The highest BCUT2D eigenvalue weighted by molar-refractivity contribution is 9.10. The number of halogens is 1. The zero-order chi connectivity index (χ0) is 14.5. The molecule has 1 aromatic carbocycles. The van der Waals surface area contributed by atoms with Crippen molar-refractivity contribution in [2.24, 2.45) is 0 Å². The SMILES string of the molecule is CC[C@H](C(=N)[C@H](C)c1ccccc1)c1cccc(Br)n1. The zero-order valence-electron chi connectivity index (χ0n) is 11.8. The Morgan fingerprint density at radius 2 is 1.85 bits per heavy atom. The third-order valence-electron chi connectivity index (χ3n) is 3.64. The molecule has 2 aromatic rings. The molecule has 2 atom stereocenters. The van der Waals surface area contributed by atoms with Crippen molar-refractivity contribution in [3.63, 3.8) is 0 Å². The van der Waals surface area contributed by atoms with Gasteiger partial charge in [0.1, 0.15) is 4.60 Å². The van der Waals surface area contributed by atoms with Gasteiger partial charge in [-0.2, -0.15) is 0 Å². The second-order valence-corrected chi connectivity index (χ2v) is 5.75. The standard InChI is InChI=1S/C17H19BrN2/c1-3-14(15-10-7-11-16(18)20-15)17(19)12(2)13-8-5-4-6-9-13/h4-12,14,19H,3H2,1-2H3/t12-,14+/m1/s1. The molecule has 1 heterocycles. The van der Waals surface area contributed by atoms with Crippen LogP contribution in [-0.4, -0.2) is 10.7 Å². The van der Waals surface area contributed by atoms with Crippen LogP contribution < -0.4 is 0 Å². The Morgan fingerprint density at radius 3 is 2.45 bits per heavy atom. The minimum atomic E-state index is 0.0720. The number of nitrogens with one attached hydrogen (secondary N) is 1. The first-order chi connectivity index (χ1) is 9.63. The summed E-state index contributed by atoms with van der Waals surface area (Å²) in [6.07, 6.45) is 0.888. The highest BCUT2D eigenvalue weighted by atomic mass is 79.9. The molecule has 0 spiro atoms. The van der Waals surface area contributed by atoms with Crippen molar-refractivity contribution in [1.29, 1.82) is 5.41 Å². The molecule has 0 saturated heterocycles. The molecule has 2 nitrogen and oxygen atoms in total. The van der Waals surface area contributed by atoms with Crippen molar-refractivity contribution >= 4 is 21.6 Å². The smallest absolute Gasteiger partial charge is 0.106 e. The van der Waals surface area contributed by atoms with Gasteiger partial charge < -0.3 is 5.41 Å². The molecule has 0 saturated carbocycles. The maximum atomic E-state index is 8.54. The number of pyridine rings is 1. The average Bonchev–Trinajstić information content (AvgIpc) is 2.48. The summed E-state index contributed by atoms with van der Waals surface area (Å²) in [5, 5.41) is 8.54.